The molecule has 0 saturated carbocycles. The summed E-state index contributed by atoms with van der Waals surface area (Å²) >= 11 is 0. The Bertz CT molecular complexity index is 751. The Balaban J connectivity index is 1.38. The highest BCUT2D eigenvalue weighted by atomic mass is 19.3. The monoisotopic (exact) mass is 416 g/mol. The summed E-state index contributed by atoms with van der Waals surface area (Å²) in [6, 6.07) is 4.50. The summed E-state index contributed by atoms with van der Waals surface area (Å²) in [5, 5.41) is 8.44. The molecule has 0 radical (unpaired) electrons. The molecule has 160 valence electrons. The predicted molar refractivity (Wildman–Crippen MR) is 96.1 cm³/mol. The Morgan fingerprint density at radius 1 is 1.17 bits per heavy atom. The average Bonchev–Trinajstić information content (AvgIpc) is 3.35. The number of carbonyl (C=O) groups is 1. The van der Waals surface area contributed by atoms with Crippen molar-refractivity contribution >= 4 is 5.91 Å². The van der Waals surface area contributed by atoms with Crippen molar-refractivity contribution in [1.29, 1.82) is 0 Å². The van der Waals surface area contributed by atoms with E-state index >= 15 is 0 Å². The highest BCUT2D eigenvalue weighted by Gasteiger charge is 2.35. The standard InChI is InChI=1S/C19H24F4N4O2/c20-15(21)14-8-11(5-6-24-14)18(28)25-13-4-2-9-7-10(1-3-12(9)13)17-26-19(16(22)23)29-27-17/h1,3,7,11,13-17,19,24,26-27H,2,4-6,8H2,(H,25,28)/t11?,13-,14?,17?,19?/m1/s1. The van der Waals surface area contributed by atoms with Gasteiger partial charge in [0.25, 0.3) is 12.9 Å². The van der Waals surface area contributed by atoms with Gasteiger partial charge in [-0.1, -0.05) is 18.2 Å². The Kier molecular flexibility index (Phi) is 6.05. The summed E-state index contributed by atoms with van der Waals surface area (Å²) in [7, 11) is 0. The number of piperidine rings is 1. The lowest BCUT2D eigenvalue weighted by atomic mass is 9.91. The van der Waals surface area contributed by atoms with Gasteiger partial charge in [-0.15, -0.1) is 0 Å². The van der Waals surface area contributed by atoms with Gasteiger partial charge in [-0.05, 0) is 48.9 Å². The van der Waals surface area contributed by atoms with E-state index in [9.17, 15) is 22.4 Å². The normalized spacial score (nSPS) is 32.0. The van der Waals surface area contributed by atoms with Crippen LogP contribution in [0.25, 0.3) is 0 Å². The van der Waals surface area contributed by atoms with E-state index in [0.29, 0.717) is 13.0 Å². The molecule has 29 heavy (non-hydrogen) atoms. The van der Waals surface area contributed by atoms with Crippen molar-refractivity contribution in [2.24, 2.45) is 5.92 Å². The summed E-state index contributed by atoms with van der Waals surface area (Å²) in [6.45, 7) is 0.404. The van der Waals surface area contributed by atoms with Crippen molar-refractivity contribution < 1.29 is 27.2 Å². The van der Waals surface area contributed by atoms with Crippen LogP contribution in [0.2, 0.25) is 0 Å². The first-order valence-corrected chi connectivity index (χ1v) is 9.82. The molecule has 2 saturated heterocycles. The molecule has 1 amide bonds. The number of hydrogen-bond acceptors (Lipinski definition) is 5. The number of nitrogens with one attached hydrogen (secondary N) is 4. The maximum atomic E-state index is 12.9. The number of benzene rings is 1. The van der Waals surface area contributed by atoms with E-state index in [1.165, 1.54) is 0 Å². The van der Waals surface area contributed by atoms with E-state index in [1.807, 2.05) is 18.2 Å². The second-order valence-electron chi connectivity index (χ2n) is 7.76. The van der Waals surface area contributed by atoms with Crippen LogP contribution < -0.4 is 21.4 Å². The van der Waals surface area contributed by atoms with Crippen LogP contribution >= 0.6 is 0 Å². The molecule has 2 aliphatic heterocycles. The Labute approximate surface area is 165 Å². The highest BCUT2D eigenvalue weighted by Crippen LogP contribution is 2.34. The van der Waals surface area contributed by atoms with Crippen LogP contribution in [-0.2, 0) is 16.1 Å². The maximum absolute atomic E-state index is 12.9. The first kappa shape index (κ1) is 20.5. The largest absolute Gasteiger partial charge is 0.349 e. The fourth-order valence-electron chi connectivity index (χ4n) is 4.30. The quantitative estimate of drug-likeness (QED) is 0.554. The number of rotatable bonds is 5. The van der Waals surface area contributed by atoms with Gasteiger partial charge in [0.1, 0.15) is 6.17 Å². The number of aryl methyl sites for hydroxylation is 1. The van der Waals surface area contributed by atoms with E-state index in [0.717, 1.165) is 29.5 Å². The molecular weight excluding hydrogens is 392 g/mol. The van der Waals surface area contributed by atoms with Crippen LogP contribution in [-0.4, -0.2) is 37.6 Å². The molecule has 0 bridgehead atoms. The van der Waals surface area contributed by atoms with E-state index in [1.54, 1.807) is 0 Å². The van der Waals surface area contributed by atoms with E-state index < -0.39 is 37.2 Å². The molecule has 0 spiro atoms. The summed E-state index contributed by atoms with van der Waals surface area (Å²) in [4.78, 5) is 17.5. The lowest BCUT2D eigenvalue weighted by Crippen LogP contribution is -2.47. The molecule has 2 fully saturated rings. The number of alkyl halides is 4. The number of hydroxylamine groups is 1. The molecular formula is C19H24F4N4O2. The van der Waals surface area contributed by atoms with Crippen LogP contribution in [0.15, 0.2) is 18.2 Å². The van der Waals surface area contributed by atoms with Gasteiger partial charge >= 0.3 is 0 Å². The minimum absolute atomic E-state index is 0.131. The minimum atomic E-state index is -2.64. The van der Waals surface area contributed by atoms with Gasteiger partial charge in [0, 0.05) is 5.92 Å². The zero-order valence-electron chi connectivity index (χ0n) is 15.6. The molecule has 3 aliphatic rings. The molecule has 1 aromatic carbocycles. The molecule has 5 atom stereocenters. The van der Waals surface area contributed by atoms with Crippen molar-refractivity contribution in [1.82, 2.24) is 21.4 Å². The molecule has 4 N–H and O–H groups in total. The lowest BCUT2D eigenvalue weighted by molar-refractivity contribution is -0.127. The number of fused-ring (bicyclic) bond motifs is 1. The summed E-state index contributed by atoms with van der Waals surface area (Å²) in [5.74, 6) is -0.611. The third-order valence-corrected chi connectivity index (χ3v) is 5.88. The van der Waals surface area contributed by atoms with E-state index in [2.05, 4.69) is 21.4 Å². The smallest absolute Gasteiger partial charge is 0.279 e. The summed E-state index contributed by atoms with van der Waals surface area (Å²) < 4.78 is 51.3. The molecule has 0 aromatic heterocycles. The van der Waals surface area contributed by atoms with Crippen molar-refractivity contribution in [3.05, 3.63) is 34.9 Å². The minimum Gasteiger partial charge on any atom is -0.349 e. The second-order valence-corrected chi connectivity index (χ2v) is 7.76. The summed E-state index contributed by atoms with van der Waals surface area (Å²) in [6.07, 6.45) is -4.88. The van der Waals surface area contributed by atoms with Gasteiger partial charge in [0.05, 0.1) is 12.1 Å². The first-order chi connectivity index (χ1) is 13.9. The van der Waals surface area contributed by atoms with Crippen LogP contribution in [0.3, 0.4) is 0 Å². The Hall–Kier alpha value is -1.75. The van der Waals surface area contributed by atoms with Gasteiger partial charge in [-0.3, -0.25) is 14.9 Å². The van der Waals surface area contributed by atoms with Crippen molar-refractivity contribution in [3.63, 3.8) is 0 Å². The maximum Gasteiger partial charge on any atom is 0.279 e. The summed E-state index contributed by atoms with van der Waals surface area (Å²) in [5.41, 5.74) is 5.35. The van der Waals surface area contributed by atoms with Gasteiger partial charge in [0.15, 0.2) is 6.23 Å². The Morgan fingerprint density at radius 3 is 2.72 bits per heavy atom. The third-order valence-electron chi connectivity index (χ3n) is 5.88. The molecule has 10 heteroatoms. The fraction of sp³-hybridized carbons (Fsp3) is 0.632. The van der Waals surface area contributed by atoms with Crippen molar-refractivity contribution in [2.75, 3.05) is 6.54 Å². The second kappa shape index (κ2) is 8.55. The van der Waals surface area contributed by atoms with Gasteiger partial charge < -0.3 is 10.6 Å². The number of hydrogen-bond donors (Lipinski definition) is 4. The van der Waals surface area contributed by atoms with Gasteiger partial charge in [-0.2, -0.15) is 5.48 Å². The topological polar surface area (TPSA) is 74.4 Å². The molecule has 4 unspecified atom stereocenters. The van der Waals surface area contributed by atoms with Crippen molar-refractivity contribution in [3.8, 4) is 0 Å². The fourth-order valence-corrected chi connectivity index (χ4v) is 4.30. The lowest BCUT2D eigenvalue weighted by Gasteiger charge is -2.30. The van der Waals surface area contributed by atoms with E-state index in [-0.39, 0.29) is 18.4 Å². The van der Waals surface area contributed by atoms with Crippen LogP contribution in [0.1, 0.15) is 48.2 Å². The molecule has 6 nitrogen and oxygen atoms in total. The van der Waals surface area contributed by atoms with Crippen molar-refractivity contribution in [2.45, 2.75) is 63.0 Å². The molecule has 1 aromatic rings. The number of amides is 1. The zero-order valence-corrected chi connectivity index (χ0v) is 15.6. The molecule has 2 heterocycles. The average molecular weight is 416 g/mol. The third kappa shape index (κ3) is 4.40. The van der Waals surface area contributed by atoms with Gasteiger partial charge in [-0.25, -0.2) is 17.6 Å². The Morgan fingerprint density at radius 2 is 2.00 bits per heavy atom. The van der Waals surface area contributed by atoms with Crippen LogP contribution in [0.5, 0.6) is 0 Å². The first-order valence-electron chi connectivity index (χ1n) is 9.82. The van der Waals surface area contributed by atoms with Gasteiger partial charge in [0.2, 0.25) is 5.91 Å². The molecule has 1 aliphatic carbocycles. The van der Waals surface area contributed by atoms with Crippen LogP contribution in [0, 0.1) is 5.92 Å². The number of carbonyl (C=O) groups excluding carboxylic acids is 1. The number of halogens is 4. The SMILES string of the molecule is O=C(N[C@@H]1CCc2cc(C3NOC(C(F)F)N3)ccc21)C1CCNC(C(F)F)C1. The zero-order chi connectivity index (χ0) is 20.5. The molecule has 4 rings (SSSR count). The highest BCUT2D eigenvalue weighted by molar-refractivity contribution is 5.79. The van der Waals surface area contributed by atoms with E-state index in [4.69, 9.17) is 4.84 Å². The van der Waals surface area contributed by atoms with Crippen LogP contribution in [0.4, 0.5) is 17.6 Å². The predicted octanol–water partition coefficient (Wildman–Crippen LogP) is 2.14.